The number of pyridine rings is 2. The van der Waals surface area contributed by atoms with E-state index in [2.05, 4.69) is 15.3 Å². The molecule has 0 aliphatic rings. The quantitative estimate of drug-likeness (QED) is 0.686. The molecule has 0 atom stereocenters. The molecule has 26 heavy (non-hydrogen) atoms. The van der Waals surface area contributed by atoms with Gasteiger partial charge in [-0.1, -0.05) is 18.2 Å². The monoisotopic (exact) mass is 345 g/mol. The number of carbonyl (C=O) groups excluding carboxylic acids is 1. The van der Waals surface area contributed by atoms with Gasteiger partial charge in [-0.05, 0) is 60.5 Å². The first-order chi connectivity index (χ1) is 12.7. The Morgan fingerprint density at radius 3 is 2.65 bits per heavy atom. The van der Waals surface area contributed by atoms with Crippen molar-refractivity contribution in [2.45, 2.75) is 13.5 Å². The largest absolute Gasteiger partial charge is 0.487 e. The Hall–Kier alpha value is -3.47. The molecule has 2 heterocycles. The van der Waals surface area contributed by atoms with Crippen molar-refractivity contribution in [2.75, 3.05) is 5.32 Å². The molecule has 5 nitrogen and oxygen atoms in total. The molecule has 130 valence electrons. The number of aryl methyl sites for hydroxylation is 1. The van der Waals surface area contributed by atoms with Crippen LogP contribution in [0.4, 0.5) is 5.82 Å². The maximum atomic E-state index is 12.0. The predicted molar refractivity (Wildman–Crippen MR) is 102 cm³/mol. The average Bonchev–Trinajstić information content (AvgIpc) is 2.66. The topological polar surface area (TPSA) is 64.1 Å². The number of nitrogens with zero attached hydrogens (tertiary/aromatic N) is 2. The van der Waals surface area contributed by atoms with E-state index in [9.17, 15) is 4.79 Å². The number of amides is 1. The summed E-state index contributed by atoms with van der Waals surface area (Å²) in [4.78, 5) is 20.3. The zero-order valence-electron chi connectivity index (χ0n) is 14.4. The van der Waals surface area contributed by atoms with Crippen molar-refractivity contribution in [1.82, 2.24) is 9.97 Å². The van der Waals surface area contributed by atoms with Crippen LogP contribution in [-0.4, -0.2) is 15.9 Å². The average molecular weight is 345 g/mol. The molecule has 3 aromatic rings. The zero-order valence-corrected chi connectivity index (χ0v) is 14.4. The molecule has 0 unspecified atom stereocenters. The molecule has 0 aliphatic heterocycles. The summed E-state index contributed by atoms with van der Waals surface area (Å²) < 4.78 is 5.69. The van der Waals surface area contributed by atoms with Crippen molar-refractivity contribution in [3.05, 3.63) is 89.9 Å². The Kier molecular flexibility index (Phi) is 5.72. The van der Waals surface area contributed by atoms with Gasteiger partial charge >= 0.3 is 0 Å². The maximum absolute atomic E-state index is 12.0. The highest BCUT2D eigenvalue weighted by atomic mass is 16.5. The summed E-state index contributed by atoms with van der Waals surface area (Å²) in [5, 5.41) is 2.73. The number of nitrogens with one attached hydrogen (secondary N) is 1. The number of anilines is 1. The van der Waals surface area contributed by atoms with Gasteiger partial charge in [-0.3, -0.25) is 9.78 Å². The van der Waals surface area contributed by atoms with Crippen molar-refractivity contribution in [2.24, 2.45) is 0 Å². The molecule has 1 N–H and O–H groups in total. The molecule has 0 saturated heterocycles. The second-order valence-electron chi connectivity index (χ2n) is 5.72. The number of rotatable bonds is 6. The smallest absolute Gasteiger partial charge is 0.249 e. The van der Waals surface area contributed by atoms with Gasteiger partial charge < -0.3 is 10.1 Å². The molecule has 3 rings (SSSR count). The lowest BCUT2D eigenvalue weighted by Crippen LogP contribution is -2.09. The van der Waals surface area contributed by atoms with Gasteiger partial charge in [0.25, 0.3) is 0 Å². The summed E-state index contributed by atoms with van der Waals surface area (Å²) in [6, 6.07) is 16.9. The molecule has 0 radical (unpaired) electrons. The molecular formula is C21H19N3O2. The van der Waals surface area contributed by atoms with E-state index in [1.165, 1.54) is 6.08 Å². The van der Waals surface area contributed by atoms with E-state index >= 15 is 0 Å². The molecular weight excluding hydrogens is 326 g/mol. The van der Waals surface area contributed by atoms with Crippen LogP contribution in [0.2, 0.25) is 0 Å². The first-order valence-electron chi connectivity index (χ1n) is 8.23. The molecule has 0 saturated carbocycles. The first-order valence-corrected chi connectivity index (χ1v) is 8.23. The van der Waals surface area contributed by atoms with Crippen LogP contribution < -0.4 is 10.1 Å². The van der Waals surface area contributed by atoms with Crippen LogP contribution in [-0.2, 0) is 11.4 Å². The third kappa shape index (κ3) is 5.27. The summed E-state index contributed by atoms with van der Waals surface area (Å²) in [6.45, 7) is 2.37. The molecule has 0 spiro atoms. The van der Waals surface area contributed by atoms with E-state index in [1.807, 2.05) is 61.5 Å². The van der Waals surface area contributed by atoms with Gasteiger partial charge in [-0.25, -0.2) is 4.98 Å². The molecule has 1 aromatic carbocycles. The normalized spacial score (nSPS) is 10.7. The first kappa shape index (κ1) is 17.4. The highest BCUT2D eigenvalue weighted by Gasteiger charge is 2.00. The van der Waals surface area contributed by atoms with Crippen LogP contribution in [0.25, 0.3) is 6.08 Å². The van der Waals surface area contributed by atoms with Crippen molar-refractivity contribution in [1.29, 1.82) is 0 Å². The minimum Gasteiger partial charge on any atom is -0.487 e. The molecule has 0 bridgehead atoms. The molecule has 5 heteroatoms. The maximum Gasteiger partial charge on any atom is 0.249 e. The Balaban J connectivity index is 1.53. The number of hydrogen-bond acceptors (Lipinski definition) is 4. The predicted octanol–water partition coefficient (Wildman–Crippen LogP) is 4.02. The van der Waals surface area contributed by atoms with E-state index in [4.69, 9.17) is 4.74 Å². The number of hydrogen-bond donors (Lipinski definition) is 1. The SMILES string of the molecule is Cc1ccnc(NC(=O)/C=C/c2ccc(OCc3ccccn3)cc2)c1. The Morgan fingerprint density at radius 2 is 1.92 bits per heavy atom. The minimum atomic E-state index is -0.224. The molecule has 0 fully saturated rings. The van der Waals surface area contributed by atoms with Crippen molar-refractivity contribution < 1.29 is 9.53 Å². The highest BCUT2D eigenvalue weighted by Crippen LogP contribution is 2.15. The second kappa shape index (κ2) is 8.58. The van der Waals surface area contributed by atoms with Gasteiger partial charge in [0, 0.05) is 18.5 Å². The molecule has 1 amide bonds. The number of ether oxygens (including phenoxy) is 1. The van der Waals surface area contributed by atoms with E-state index in [0.717, 1.165) is 22.6 Å². The van der Waals surface area contributed by atoms with Gasteiger partial charge in [-0.15, -0.1) is 0 Å². The minimum absolute atomic E-state index is 0.224. The lowest BCUT2D eigenvalue weighted by Gasteiger charge is -2.05. The van der Waals surface area contributed by atoms with Crippen LogP contribution in [0.5, 0.6) is 5.75 Å². The van der Waals surface area contributed by atoms with Gasteiger partial charge in [0.2, 0.25) is 5.91 Å². The molecule has 0 aliphatic carbocycles. The van der Waals surface area contributed by atoms with Crippen LogP contribution in [0, 0.1) is 6.92 Å². The summed E-state index contributed by atoms with van der Waals surface area (Å²) in [5.41, 5.74) is 2.82. The third-order valence-electron chi connectivity index (χ3n) is 3.59. The molecule has 2 aromatic heterocycles. The highest BCUT2D eigenvalue weighted by molar-refractivity contribution is 6.01. The van der Waals surface area contributed by atoms with E-state index in [0.29, 0.717) is 12.4 Å². The van der Waals surface area contributed by atoms with Crippen molar-refractivity contribution >= 4 is 17.8 Å². The summed E-state index contributed by atoms with van der Waals surface area (Å²) in [7, 11) is 0. The van der Waals surface area contributed by atoms with E-state index in [1.54, 1.807) is 18.5 Å². The Bertz CT molecular complexity index is 891. The fraction of sp³-hybridized carbons (Fsp3) is 0.0952. The number of aromatic nitrogens is 2. The van der Waals surface area contributed by atoms with Crippen LogP contribution in [0.15, 0.2) is 73.1 Å². The second-order valence-corrected chi connectivity index (χ2v) is 5.72. The zero-order chi connectivity index (χ0) is 18.2. The summed E-state index contributed by atoms with van der Waals surface area (Å²) in [6.07, 6.45) is 6.63. The van der Waals surface area contributed by atoms with E-state index in [-0.39, 0.29) is 5.91 Å². The van der Waals surface area contributed by atoms with Crippen molar-refractivity contribution in [3.63, 3.8) is 0 Å². The van der Waals surface area contributed by atoms with Gasteiger partial charge in [-0.2, -0.15) is 0 Å². The standard InChI is InChI=1S/C21H19N3O2/c1-16-11-13-23-20(14-16)24-21(25)10-7-17-5-8-19(9-6-17)26-15-18-4-2-3-12-22-18/h2-14H,15H2,1H3,(H,23,24,25)/b10-7+. The van der Waals surface area contributed by atoms with Crippen molar-refractivity contribution in [3.8, 4) is 5.75 Å². The van der Waals surface area contributed by atoms with Crippen LogP contribution >= 0.6 is 0 Å². The fourth-order valence-electron chi connectivity index (χ4n) is 2.26. The number of carbonyl (C=O) groups is 1. The summed E-state index contributed by atoms with van der Waals surface area (Å²) >= 11 is 0. The van der Waals surface area contributed by atoms with Gasteiger partial charge in [0.05, 0.1) is 5.69 Å². The number of benzene rings is 1. The van der Waals surface area contributed by atoms with Crippen LogP contribution in [0.3, 0.4) is 0 Å². The summed E-state index contributed by atoms with van der Waals surface area (Å²) in [5.74, 6) is 1.07. The Morgan fingerprint density at radius 1 is 1.08 bits per heavy atom. The van der Waals surface area contributed by atoms with Gasteiger partial charge in [0.15, 0.2) is 0 Å². The van der Waals surface area contributed by atoms with E-state index < -0.39 is 0 Å². The lowest BCUT2D eigenvalue weighted by molar-refractivity contribution is -0.111. The third-order valence-corrected chi connectivity index (χ3v) is 3.59. The fourth-order valence-corrected chi connectivity index (χ4v) is 2.26. The lowest BCUT2D eigenvalue weighted by atomic mass is 10.2. The van der Waals surface area contributed by atoms with Crippen LogP contribution in [0.1, 0.15) is 16.8 Å². The van der Waals surface area contributed by atoms with Gasteiger partial charge in [0.1, 0.15) is 18.2 Å². The Labute approximate surface area is 152 Å².